The highest BCUT2D eigenvalue weighted by molar-refractivity contribution is 7.90. The molecule has 0 saturated heterocycles. The molecule has 0 aliphatic heterocycles. The van der Waals surface area contributed by atoms with Gasteiger partial charge >= 0.3 is 0 Å². The zero-order valence-corrected chi connectivity index (χ0v) is 13.4. The van der Waals surface area contributed by atoms with Crippen LogP contribution in [0.4, 0.5) is 0 Å². The Hall–Kier alpha value is -0.430. The Balaban J connectivity index is 2.70. The molecule has 0 bridgehead atoms. The lowest BCUT2D eigenvalue weighted by Gasteiger charge is -2.11. The molecule has 1 atom stereocenters. The molecule has 0 aliphatic rings. The van der Waals surface area contributed by atoms with Crippen LogP contribution in [0.3, 0.4) is 0 Å². The molecule has 0 spiro atoms. The van der Waals surface area contributed by atoms with Gasteiger partial charge in [-0.1, -0.05) is 17.7 Å². The largest absolute Gasteiger partial charge is 0.313 e. The van der Waals surface area contributed by atoms with Crippen LogP contribution in [0, 0.1) is 0 Å². The van der Waals surface area contributed by atoms with E-state index < -0.39 is 20.6 Å². The molecule has 0 radical (unpaired) electrons. The van der Waals surface area contributed by atoms with Gasteiger partial charge in [-0.15, -0.1) is 0 Å². The van der Waals surface area contributed by atoms with Crippen LogP contribution in [0.15, 0.2) is 23.1 Å². The highest BCUT2D eigenvalue weighted by atomic mass is 35.5. The van der Waals surface area contributed by atoms with Crippen molar-refractivity contribution in [2.24, 2.45) is 0 Å². The fourth-order valence-electron chi connectivity index (χ4n) is 1.67. The van der Waals surface area contributed by atoms with Crippen molar-refractivity contribution in [2.45, 2.75) is 17.9 Å². The topological polar surface area (TPSA) is 63.2 Å². The first-order valence-electron chi connectivity index (χ1n) is 5.80. The number of hydrogen-bond acceptors (Lipinski definition) is 4. The number of hydrogen-bond donors (Lipinski definition) is 1. The Morgan fingerprint density at radius 1 is 1.37 bits per heavy atom. The van der Waals surface area contributed by atoms with E-state index in [1.165, 1.54) is 6.26 Å². The molecular weight excluding hydrogens is 306 g/mol. The Morgan fingerprint density at radius 2 is 2.05 bits per heavy atom. The summed E-state index contributed by atoms with van der Waals surface area (Å²) in [7, 11) is -4.08. The Morgan fingerprint density at radius 3 is 2.63 bits per heavy atom. The van der Waals surface area contributed by atoms with E-state index in [-0.39, 0.29) is 4.90 Å². The minimum absolute atomic E-state index is 0.256. The zero-order chi connectivity index (χ0) is 14.5. The van der Waals surface area contributed by atoms with Gasteiger partial charge in [0.15, 0.2) is 9.84 Å². The lowest BCUT2D eigenvalue weighted by Crippen LogP contribution is -2.18. The summed E-state index contributed by atoms with van der Waals surface area (Å²) in [5.74, 6) is 0.633. The van der Waals surface area contributed by atoms with Crippen molar-refractivity contribution >= 4 is 32.2 Å². The highest BCUT2D eigenvalue weighted by Gasteiger charge is 2.15. The van der Waals surface area contributed by atoms with E-state index in [4.69, 9.17) is 11.6 Å². The van der Waals surface area contributed by atoms with Gasteiger partial charge in [0, 0.05) is 46.2 Å². The van der Waals surface area contributed by atoms with Gasteiger partial charge in [-0.05, 0) is 25.1 Å². The minimum atomic E-state index is -3.29. The molecule has 0 amide bonds. The van der Waals surface area contributed by atoms with Gasteiger partial charge in [-0.3, -0.25) is 4.21 Å². The Bertz CT molecular complexity index is 558. The summed E-state index contributed by atoms with van der Waals surface area (Å²) < 4.78 is 34.2. The van der Waals surface area contributed by atoms with E-state index in [0.717, 1.165) is 6.42 Å². The molecular formula is C12H18ClNO3S2. The average molecular weight is 324 g/mol. The summed E-state index contributed by atoms with van der Waals surface area (Å²) in [6, 6.07) is 4.86. The lowest BCUT2D eigenvalue weighted by atomic mass is 10.2. The van der Waals surface area contributed by atoms with Gasteiger partial charge in [-0.25, -0.2) is 8.42 Å². The van der Waals surface area contributed by atoms with Crippen molar-refractivity contribution in [3.63, 3.8) is 0 Å². The van der Waals surface area contributed by atoms with E-state index in [9.17, 15) is 12.6 Å². The van der Waals surface area contributed by atoms with Gasteiger partial charge in [0.05, 0.1) is 4.90 Å². The lowest BCUT2D eigenvalue weighted by molar-refractivity contribution is 0.598. The normalized spacial score (nSPS) is 13.4. The first kappa shape index (κ1) is 16.6. The SMILES string of the molecule is CS(=O)CCCNCc1c(Cl)cccc1S(C)(=O)=O. The number of halogens is 1. The predicted octanol–water partition coefficient (Wildman–Crippen LogP) is 1.60. The van der Waals surface area contributed by atoms with Crippen LogP contribution < -0.4 is 5.32 Å². The molecule has 0 fully saturated rings. The van der Waals surface area contributed by atoms with Crippen LogP contribution in [0.25, 0.3) is 0 Å². The Labute approximate surface area is 121 Å². The van der Waals surface area contributed by atoms with E-state index in [0.29, 0.717) is 29.4 Å². The number of nitrogens with one attached hydrogen (secondary N) is 1. The van der Waals surface area contributed by atoms with Crippen molar-refractivity contribution in [1.82, 2.24) is 5.32 Å². The number of rotatable bonds is 7. The predicted molar refractivity (Wildman–Crippen MR) is 79.8 cm³/mol. The second-order valence-corrected chi connectivity index (χ2v) is 8.24. The zero-order valence-electron chi connectivity index (χ0n) is 11.0. The third kappa shape index (κ3) is 5.60. The van der Waals surface area contributed by atoms with Gasteiger partial charge in [0.25, 0.3) is 0 Å². The third-order valence-corrected chi connectivity index (χ3v) is 4.96. The Kier molecular flexibility index (Phi) is 6.46. The molecule has 1 N–H and O–H groups in total. The first-order chi connectivity index (χ1) is 8.82. The maximum Gasteiger partial charge on any atom is 0.175 e. The molecule has 108 valence electrons. The standard InChI is InChI=1S/C12H18ClNO3S2/c1-18(15)8-4-7-14-9-10-11(13)5-3-6-12(10)19(2,16)17/h3,5-6,14H,4,7-9H2,1-2H3. The molecule has 0 aromatic heterocycles. The number of sulfone groups is 1. The molecule has 1 aromatic rings. The molecule has 0 aliphatic carbocycles. The summed E-state index contributed by atoms with van der Waals surface area (Å²) in [6.45, 7) is 1.06. The fraction of sp³-hybridized carbons (Fsp3) is 0.500. The molecule has 19 heavy (non-hydrogen) atoms. The second-order valence-electron chi connectivity index (χ2n) is 4.30. The summed E-state index contributed by atoms with van der Waals surface area (Å²) in [6.07, 6.45) is 3.61. The third-order valence-electron chi connectivity index (χ3n) is 2.56. The van der Waals surface area contributed by atoms with Crippen LogP contribution in [-0.2, 0) is 27.2 Å². The molecule has 7 heteroatoms. The van der Waals surface area contributed by atoms with Crippen molar-refractivity contribution in [3.8, 4) is 0 Å². The van der Waals surface area contributed by atoms with Gasteiger partial charge in [0.1, 0.15) is 0 Å². The number of benzene rings is 1. The first-order valence-corrected chi connectivity index (χ1v) is 9.80. The monoisotopic (exact) mass is 323 g/mol. The summed E-state index contributed by atoms with van der Waals surface area (Å²) >= 11 is 6.05. The quantitative estimate of drug-likeness (QED) is 0.774. The van der Waals surface area contributed by atoms with Crippen molar-refractivity contribution < 1.29 is 12.6 Å². The van der Waals surface area contributed by atoms with Crippen molar-refractivity contribution in [2.75, 3.05) is 24.8 Å². The maximum absolute atomic E-state index is 11.7. The van der Waals surface area contributed by atoms with Crippen LogP contribution in [0.2, 0.25) is 5.02 Å². The van der Waals surface area contributed by atoms with E-state index in [1.54, 1.807) is 24.5 Å². The molecule has 1 rings (SSSR count). The highest BCUT2D eigenvalue weighted by Crippen LogP contribution is 2.23. The van der Waals surface area contributed by atoms with E-state index in [2.05, 4.69) is 5.32 Å². The fourth-order valence-corrected chi connectivity index (χ4v) is 3.48. The summed E-state index contributed by atoms with van der Waals surface area (Å²) in [5, 5.41) is 3.57. The van der Waals surface area contributed by atoms with Gasteiger partial charge in [0.2, 0.25) is 0 Å². The van der Waals surface area contributed by atoms with Gasteiger partial charge in [-0.2, -0.15) is 0 Å². The van der Waals surface area contributed by atoms with Crippen LogP contribution >= 0.6 is 11.6 Å². The second kappa shape index (κ2) is 7.38. The van der Waals surface area contributed by atoms with E-state index >= 15 is 0 Å². The van der Waals surface area contributed by atoms with Crippen LogP contribution in [-0.4, -0.2) is 37.4 Å². The summed E-state index contributed by atoms with van der Waals surface area (Å²) in [4.78, 5) is 0.256. The van der Waals surface area contributed by atoms with E-state index in [1.807, 2.05) is 0 Å². The van der Waals surface area contributed by atoms with Crippen molar-refractivity contribution in [3.05, 3.63) is 28.8 Å². The summed E-state index contributed by atoms with van der Waals surface area (Å²) in [5.41, 5.74) is 0.587. The molecule has 1 aromatic carbocycles. The maximum atomic E-state index is 11.7. The smallest absolute Gasteiger partial charge is 0.175 e. The van der Waals surface area contributed by atoms with Crippen LogP contribution in [0.5, 0.6) is 0 Å². The van der Waals surface area contributed by atoms with Crippen LogP contribution in [0.1, 0.15) is 12.0 Å². The molecule has 0 heterocycles. The molecule has 1 unspecified atom stereocenters. The molecule has 0 saturated carbocycles. The minimum Gasteiger partial charge on any atom is -0.313 e. The van der Waals surface area contributed by atoms with Gasteiger partial charge < -0.3 is 5.32 Å². The molecule has 4 nitrogen and oxygen atoms in total. The average Bonchev–Trinajstić information content (AvgIpc) is 2.28. The van der Waals surface area contributed by atoms with Crippen molar-refractivity contribution in [1.29, 1.82) is 0 Å².